The minimum absolute atomic E-state index is 0.180. The van der Waals surface area contributed by atoms with Crippen LogP contribution in [-0.2, 0) is 17.6 Å². The first-order valence-electron chi connectivity index (χ1n) is 9.15. The average Bonchev–Trinajstić information content (AvgIpc) is 3.23. The van der Waals surface area contributed by atoms with E-state index in [1.54, 1.807) is 0 Å². The molecule has 1 aromatic carbocycles. The highest BCUT2D eigenvalue weighted by molar-refractivity contribution is 5.79. The second kappa shape index (κ2) is 6.73. The monoisotopic (exact) mass is 330 g/mol. The quantitative estimate of drug-likeness (QED) is 0.905. The molecule has 3 aliphatic rings. The van der Waals surface area contributed by atoms with Crippen molar-refractivity contribution in [1.29, 1.82) is 0 Å². The summed E-state index contributed by atoms with van der Waals surface area (Å²) in [4.78, 5) is 16.9. The third-order valence-electron chi connectivity index (χ3n) is 5.69. The Morgan fingerprint density at radius 2 is 2.04 bits per heavy atom. The minimum Gasteiger partial charge on any atom is -0.493 e. The summed E-state index contributed by atoms with van der Waals surface area (Å²) in [6.45, 7) is 4.06. The highest BCUT2D eigenvalue weighted by Crippen LogP contribution is 2.27. The summed E-state index contributed by atoms with van der Waals surface area (Å²) in [6, 6.07) is 6.42. The van der Waals surface area contributed by atoms with Gasteiger partial charge in [-0.2, -0.15) is 0 Å². The molecule has 130 valence electrons. The van der Waals surface area contributed by atoms with E-state index in [1.165, 1.54) is 5.56 Å². The first kappa shape index (κ1) is 15.9. The molecular formula is C19H26N2O3. The highest BCUT2D eigenvalue weighted by Gasteiger charge is 2.33. The summed E-state index contributed by atoms with van der Waals surface area (Å²) < 4.78 is 5.52. The third-order valence-corrected chi connectivity index (χ3v) is 5.69. The van der Waals surface area contributed by atoms with Gasteiger partial charge in [0.05, 0.1) is 19.1 Å². The molecule has 24 heavy (non-hydrogen) atoms. The Balaban J connectivity index is 1.31. The van der Waals surface area contributed by atoms with E-state index < -0.39 is 0 Å². The Morgan fingerprint density at radius 1 is 1.21 bits per heavy atom. The van der Waals surface area contributed by atoms with Crippen LogP contribution in [0.25, 0.3) is 0 Å². The average molecular weight is 330 g/mol. The van der Waals surface area contributed by atoms with Crippen LogP contribution in [0.2, 0.25) is 0 Å². The van der Waals surface area contributed by atoms with Crippen molar-refractivity contribution in [2.24, 2.45) is 0 Å². The number of rotatable bonds is 3. The molecule has 0 bridgehead atoms. The van der Waals surface area contributed by atoms with Crippen molar-refractivity contribution < 1.29 is 14.6 Å². The molecular weight excluding hydrogens is 304 g/mol. The molecule has 2 fully saturated rings. The first-order chi connectivity index (χ1) is 11.7. The normalized spacial score (nSPS) is 27.1. The van der Waals surface area contributed by atoms with Crippen molar-refractivity contribution >= 4 is 5.91 Å². The number of amides is 1. The van der Waals surface area contributed by atoms with Crippen LogP contribution in [0.4, 0.5) is 0 Å². The molecule has 1 N–H and O–H groups in total. The fourth-order valence-corrected chi connectivity index (χ4v) is 4.29. The van der Waals surface area contributed by atoms with Gasteiger partial charge in [-0.05, 0) is 36.5 Å². The minimum atomic E-state index is -0.180. The molecule has 0 radical (unpaired) electrons. The van der Waals surface area contributed by atoms with Crippen molar-refractivity contribution in [3.63, 3.8) is 0 Å². The zero-order chi connectivity index (χ0) is 16.5. The van der Waals surface area contributed by atoms with Gasteiger partial charge in [0, 0.05) is 38.6 Å². The second-order valence-electron chi connectivity index (χ2n) is 7.20. The molecule has 1 aromatic rings. The van der Waals surface area contributed by atoms with Gasteiger partial charge in [0.1, 0.15) is 5.75 Å². The Bertz CT molecular complexity index is 611. The van der Waals surface area contributed by atoms with Gasteiger partial charge in [-0.1, -0.05) is 12.1 Å². The second-order valence-corrected chi connectivity index (χ2v) is 7.20. The van der Waals surface area contributed by atoms with Crippen LogP contribution < -0.4 is 4.74 Å². The maximum Gasteiger partial charge on any atom is 0.227 e. The Morgan fingerprint density at radius 3 is 2.79 bits per heavy atom. The van der Waals surface area contributed by atoms with Gasteiger partial charge in [-0.15, -0.1) is 0 Å². The zero-order valence-electron chi connectivity index (χ0n) is 14.1. The van der Waals surface area contributed by atoms with E-state index >= 15 is 0 Å². The van der Waals surface area contributed by atoms with E-state index in [4.69, 9.17) is 4.74 Å². The van der Waals surface area contributed by atoms with E-state index in [0.717, 1.165) is 69.8 Å². The lowest BCUT2D eigenvalue weighted by Gasteiger charge is -2.39. The topological polar surface area (TPSA) is 53.0 Å². The largest absolute Gasteiger partial charge is 0.493 e. The van der Waals surface area contributed by atoms with Crippen LogP contribution in [0.1, 0.15) is 30.4 Å². The smallest absolute Gasteiger partial charge is 0.227 e. The fourth-order valence-electron chi connectivity index (χ4n) is 4.29. The molecule has 2 atom stereocenters. The zero-order valence-corrected chi connectivity index (χ0v) is 14.1. The number of nitrogens with zero attached hydrogens (tertiary/aromatic N) is 2. The van der Waals surface area contributed by atoms with Crippen molar-refractivity contribution in [3.05, 3.63) is 29.3 Å². The summed E-state index contributed by atoms with van der Waals surface area (Å²) in [6.07, 6.45) is 4.37. The predicted octanol–water partition coefficient (Wildman–Crippen LogP) is 1.22. The molecule has 4 rings (SSSR count). The lowest BCUT2D eigenvalue weighted by Crippen LogP contribution is -2.53. The van der Waals surface area contributed by atoms with Gasteiger partial charge in [-0.3, -0.25) is 9.69 Å². The SMILES string of the molecule is O=C(Cc1ccc2c(c1)CCO2)N1CCN([C@@H]2CCC[C@@H]2O)CC1. The van der Waals surface area contributed by atoms with E-state index in [2.05, 4.69) is 11.0 Å². The van der Waals surface area contributed by atoms with Crippen LogP contribution >= 0.6 is 0 Å². The van der Waals surface area contributed by atoms with Crippen LogP contribution in [0, 0.1) is 0 Å². The lowest BCUT2D eigenvalue weighted by atomic mass is 10.1. The lowest BCUT2D eigenvalue weighted by molar-refractivity contribution is -0.132. The van der Waals surface area contributed by atoms with Crippen molar-refractivity contribution in [2.45, 2.75) is 44.2 Å². The molecule has 0 spiro atoms. The molecule has 1 saturated heterocycles. The van der Waals surface area contributed by atoms with E-state index in [1.807, 2.05) is 17.0 Å². The van der Waals surface area contributed by atoms with Crippen LogP contribution in [0.3, 0.4) is 0 Å². The number of carbonyl (C=O) groups excluding carboxylic acids is 1. The molecule has 2 heterocycles. The molecule has 1 amide bonds. The van der Waals surface area contributed by atoms with Gasteiger partial charge in [0.2, 0.25) is 5.91 Å². The molecule has 1 aliphatic carbocycles. The van der Waals surface area contributed by atoms with Gasteiger partial charge >= 0.3 is 0 Å². The van der Waals surface area contributed by atoms with Crippen LogP contribution in [0.15, 0.2) is 18.2 Å². The van der Waals surface area contributed by atoms with Gasteiger partial charge in [0.15, 0.2) is 0 Å². The number of hydrogen-bond donors (Lipinski definition) is 1. The maximum absolute atomic E-state index is 12.6. The number of hydrogen-bond acceptors (Lipinski definition) is 4. The van der Waals surface area contributed by atoms with Crippen molar-refractivity contribution in [1.82, 2.24) is 9.80 Å². The molecule has 1 saturated carbocycles. The molecule has 5 nitrogen and oxygen atoms in total. The van der Waals surface area contributed by atoms with Gasteiger partial charge in [0.25, 0.3) is 0 Å². The summed E-state index contributed by atoms with van der Waals surface area (Å²) in [5.74, 6) is 1.18. The summed E-state index contributed by atoms with van der Waals surface area (Å²) in [5.41, 5.74) is 2.30. The van der Waals surface area contributed by atoms with E-state index in [9.17, 15) is 9.90 Å². The number of ether oxygens (including phenoxy) is 1. The standard InChI is InChI=1S/C19H26N2O3/c22-17-3-1-2-16(17)20-7-9-21(10-8-20)19(23)13-14-4-5-18-15(12-14)6-11-24-18/h4-5,12,16-17,22H,1-3,6-11,13H2/t16-,17+/m1/s1. The number of fused-ring (bicyclic) bond motifs is 1. The fraction of sp³-hybridized carbons (Fsp3) is 0.632. The van der Waals surface area contributed by atoms with Crippen LogP contribution in [0.5, 0.6) is 5.75 Å². The van der Waals surface area contributed by atoms with E-state index in [0.29, 0.717) is 12.5 Å². The Labute approximate surface area is 143 Å². The summed E-state index contributed by atoms with van der Waals surface area (Å²) in [7, 11) is 0. The third kappa shape index (κ3) is 3.15. The van der Waals surface area contributed by atoms with Gasteiger partial charge in [-0.25, -0.2) is 0 Å². The van der Waals surface area contributed by atoms with Crippen molar-refractivity contribution in [2.75, 3.05) is 32.8 Å². The Kier molecular flexibility index (Phi) is 4.46. The van der Waals surface area contributed by atoms with E-state index in [-0.39, 0.29) is 12.0 Å². The van der Waals surface area contributed by atoms with Gasteiger partial charge < -0.3 is 14.7 Å². The summed E-state index contributed by atoms with van der Waals surface area (Å²) >= 11 is 0. The molecule has 0 unspecified atom stereocenters. The van der Waals surface area contributed by atoms with Crippen molar-refractivity contribution in [3.8, 4) is 5.75 Å². The molecule has 0 aromatic heterocycles. The number of benzene rings is 1. The molecule has 5 heteroatoms. The number of carbonyl (C=O) groups is 1. The maximum atomic E-state index is 12.6. The number of piperazine rings is 1. The number of aliphatic hydroxyl groups excluding tert-OH is 1. The number of aliphatic hydroxyl groups is 1. The predicted molar refractivity (Wildman–Crippen MR) is 91.1 cm³/mol. The molecule has 2 aliphatic heterocycles. The summed E-state index contributed by atoms with van der Waals surface area (Å²) in [5, 5.41) is 10.1. The highest BCUT2D eigenvalue weighted by atomic mass is 16.5. The van der Waals surface area contributed by atoms with Crippen LogP contribution in [-0.4, -0.2) is 65.7 Å². The Hall–Kier alpha value is -1.59. The first-order valence-corrected chi connectivity index (χ1v) is 9.15.